The number of likely N-dealkylation sites (N-methyl/N-ethyl adjacent to an activating group) is 1. The average Bonchev–Trinajstić information content (AvgIpc) is 2.41. The predicted octanol–water partition coefficient (Wildman–Crippen LogP) is 1.06. The van der Waals surface area contributed by atoms with E-state index in [2.05, 4.69) is 22.1 Å². The molecule has 0 aromatic carbocycles. The second kappa shape index (κ2) is 9.04. The number of aromatic nitrogens is 1. The summed E-state index contributed by atoms with van der Waals surface area (Å²) in [6, 6.07) is 3.16. The minimum Gasteiger partial charge on any atom is -0.389 e. The summed E-state index contributed by atoms with van der Waals surface area (Å²) in [5, 5.41) is 13.0. The summed E-state index contributed by atoms with van der Waals surface area (Å²) in [5.74, 6) is -0.0752. The molecule has 0 fully saturated rings. The van der Waals surface area contributed by atoms with Crippen molar-refractivity contribution >= 4 is 0 Å². The second-order valence-corrected chi connectivity index (χ2v) is 5.48. The van der Waals surface area contributed by atoms with Gasteiger partial charge in [-0.1, -0.05) is 6.92 Å². The number of nitrogens with one attached hydrogen (secondary N) is 1. The maximum atomic E-state index is 13.0. The van der Waals surface area contributed by atoms with Gasteiger partial charge in [0.1, 0.15) is 5.82 Å². The molecule has 0 saturated heterocycles. The van der Waals surface area contributed by atoms with E-state index < -0.39 is 6.10 Å². The summed E-state index contributed by atoms with van der Waals surface area (Å²) in [5.41, 5.74) is 0.817. The second-order valence-electron chi connectivity index (χ2n) is 5.48. The average molecular weight is 299 g/mol. The van der Waals surface area contributed by atoms with Crippen LogP contribution >= 0.6 is 0 Å². The third-order valence-electron chi connectivity index (χ3n) is 3.43. The van der Waals surface area contributed by atoms with Crippen molar-refractivity contribution in [3.05, 3.63) is 29.8 Å². The number of ether oxygens (including phenoxy) is 1. The number of rotatable bonds is 9. The fourth-order valence-corrected chi connectivity index (χ4v) is 2.57. The van der Waals surface area contributed by atoms with E-state index in [1.165, 1.54) is 12.3 Å². The normalized spacial score (nSPS) is 16.0. The van der Waals surface area contributed by atoms with Gasteiger partial charge in [-0.05, 0) is 32.1 Å². The Morgan fingerprint density at radius 1 is 1.43 bits per heavy atom. The first-order valence-corrected chi connectivity index (χ1v) is 7.12. The number of halogens is 1. The Morgan fingerprint density at radius 3 is 2.67 bits per heavy atom. The van der Waals surface area contributed by atoms with Crippen LogP contribution in [0.2, 0.25) is 0 Å². The molecule has 0 saturated carbocycles. The van der Waals surface area contributed by atoms with Gasteiger partial charge in [-0.3, -0.25) is 4.98 Å². The van der Waals surface area contributed by atoms with Crippen LogP contribution in [0, 0.1) is 11.7 Å². The van der Waals surface area contributed by atoms with Crippen molar-refractivity contribution in [1.29, 1.82) is 0 Å². The molecule has 120 valence electrons. The molecule has 6 heteroatoms. The molecule has 0 aliphatic rings. The number of pyridine rings is 1. The maximum Gasteiger partial charge on any atom is 0.141 e. The van der Waals surface area contributed by atoms with E-state index in [-0.39, 0.29) is 17.8 Å². The summed E-state index contributed by atoms with van der Waals surface area (Å²) in [6.45, 7) is 3.76. The van der Waals surface area contributed by atoms with Crippen molar-refractivity contribution in [2.24, 2.45) is 5.92 Å². The first-order chi connectivity index (χ1) is 9.97. The van der Waals surface area contributed by atoms with Crippen LogP contribution < -0.4 is 5.32 Å². The fraction of sp³-hybridized carbons (Fsp3) is 0.667. The molecule has 1 rings (SSSR count). The van der Waals surface area contributed by atoms with Gasteiger partial charge < -0.3 is 20.1 Å². The van der Waals surface area contributed by atoms with Crippen LogP contribution in [0.25, 0.3) is 0 Å². The minimum atomic E-state index is -0.496. The molecule has 1 heterocycles. The van der Waals surface area contributed by atoms with Crippen LogP contribution in [0.15, 0.2) is 18.3 Å². The Hall–Kier alpha value is -1.08. The molecule has 0 aliphatic carbocycles. The monoisotopic (exact) mass is 299 g/mol. The van der Waals surface area contributed by atoms with E-state index in [4.69, 9.17) is 4.74 Å². The first-order valence-electron chi connectivity index (χ1n) is 7.12. The summed E-state index contributed by atoms with van der Waals surface area (Å²) in [6.07, 6.45) is 0.738. The van der Waals surface area contributed by atoms with Gasteiger partial charge in [0.05, 0.1) is 30.6 Å². The van der Waals surface area contributed by atoms with Gasteiger partial charge >= 0.3 is 0 Å². The van der Waals surface area contributed by atoms with Crippen molar-refractivity contribution in [1.82, 2.24) is 15.2 Å². The molecule has 3 unspecified atom stereocenters. The van der Waals surface area contributed by atoms with Gasteiger partial charge in [-0.25, -0.2) is 4.39 Å². The van der Waals surface area contributed by atoms with Gasteiger partial charge in [-0.15, -0.1) is 0 Å². The van der Waals surface area contributed by atoms with Crippen molar-refractivity contribution in [3.63, 3.8) is 0 Å². The van der Waals surface area contributed by atoms with Crippen LogP contribution in [-0.4, -0.2) is 62.0 Å². The predicted molar refractivity (Wildman–Crippen MR) is 80.5 cm³/mol. The number of aliphatic hydroxyl groups is 1. The van der Waals surface area contributed by atoms with Crippen molar-refractivity contribution in [3.8, 4) is 0 Å². The molecule has 1 aromatic rings. The van der Waals surface area contributed by atoms with Gasteiger partial charge in [0.25, 0.3) is 0 Å². The van der Waals surface area contributed by atoms with E-state index in [1.54, 1.807) is 13.2 Å². The Kier molecular flexibility index (Phi) is 7.74. The zero-order valence-electron chi connectivity index (χ0n) is 13.2. The van der Waals surface area contributed by atoms with Crippen LogP contribution in [0.5, 0.6) is 0 Å². The molecular weight excluding hydrogens is 273 g/mol. The third kappa shape index (κ3) is 6.05. The Balaban J connectivity index is 2.58. The van der Waals surface area contributed by atoms with E-state index in [1.807, 2.05) is 14.1 Å². The van der Waals surface area contributed by atoms with Crippen molar-refractivity contribution in [2.45, 2.75) is 19.1 Å². The number of hydrogen-bond acceptors (Lipinski definition) is 5. The molecule has 3 atom stereocenters. The molecule has 2 N–H and O–H groups in total. The number of nitrogens with zero attached hydrogens (tertiary/aromatic N) is 2. The van der Waals surface area contributed by atoms with Gasteiger partial charge in [0.15, 0.2) is 0 Å². The summed E-state index contributed by atoms with van der Waals surface area (Å²) < 4.78 is 17.9. The summed E-state index contributed by atoms with van der Waals surface area (Å²) >= 11 is 0. The quantitative estimate of drug-likeness (QED) is 0.714. The molecule has 0 spiro atoms. The molecule has 5 nitrogen and oxygen atoms in total. The van der Waals surface area contributed by atoms with Crippen LogP contribution in [0.3, 0.4) is 0 Å². The topological polar surface area (TPSA) is 57.6 Å². The first kappa shape index (κ1) is 18.0. The van der Waals surface area contributed by atoms with Gasteiger partial charge in [-0.2, -0.15) is 0 Å². The molecular formula is C15H26FN3O2. The van der Waals surface area contributed by atoms with E-state index >= 15 is 0 Å². The lowest BCUT2D eigenvalue weighted by atomic mass is 9.97. The van der Waals surface area contributed by atoms with Crippen LogP contribution in [0.4, 0.5) is 4.39 Å². The molecule has 0 aliphatic heterocycles. The van der Waals surface area contributed by atoms with Crippen LogP contribution in [-0.2, 0) is 4.74 Å². The Bertz CT molecular complexity index is 402. The number of methoxy groups -OCH3 is 1. The highest BCUT2D eigenvalue weighted by molar-refractivity contribution is 5.10. The lowest BCUT2D eigenvalue weighted by Gasteiger charge is -2.28. The number of hydrogen-bond donors (Lipinski definition) is 2. The zero-order valence-corrected chi connectivity index (χ0v) is 13.2. The highest BCUT2D eigenvalue weighted by atomic mass is 19.1. The molecule has 0 bridgehead atoms. The molecule has 21 heavy (non-hydrogen) atoms. The highest BCUT2D eigenvalue weighted by Crippen LogP contribution is 2.20. The maximum absolute atomic E-state index is 13.0. The standard InChI is InChI=1S/C15H26FN3O2/c1-11(8-19(3)9-13(20)10-21-4)15(17-2)14-6-5-12(16)7-18-14/h5-7,11,13,15,17,20H,8-10H2,1-4H3. The van der Waals surface area contributed by atoms with Crippen LogP contribution in [0.1, 0.15) is 18.7 Å². The number of aliphatic hydroxyl groups excluding tert-OH is 1. The SMILES string of the molecule is CNC(c1ccc(F)cn1)C(C)CN(C)CC(O)COC. The molecule has 0 amide bonds. The third-order valence-corrected chi connectivity index (χ3v) is 3.43. The molecule has 0 radical (unpaired) electrons. The summed E-state index contributed by atoms with van der Waals surface area (Å²) in [4.78, 5) is 6.20. The molecule has 1 aromatic heterocycles. The largest absolute Gasteiger partial charge is 0.389 e. The lowest BCUT2D eigenvalue weighted by molar-refractivity contribution is 0.0397. The zero-order chi connectivity index (χ0) is 15.8. The van der Waals surface area contributed by atoms with Crippen molar-refractivity contribution < 1.29 is 14.2 Å². The smallest absolute Gasteiger partial charge is 0.141 e. The minimum absolute atomic E-state index is 0.0348. The van der Waals surface area contributed by atoms with E-state index in [9.17, 15) is 9.50 Å². The van der Waals surface area contributed by atoms with Gasteiger partial charge in [0, 0.05) is 20.2 Å². The van der Waals surface area contributed by atoms with E-state index in [0.717, 1.165) is 12.2 Å². The van der Waals surface area contributed by atoms with E-state index in [0.29, 0.717) is 13.2 Å². The van der Waals surface area contributed by atoms with Gasteiger partial charge in [0.2, 0.25) is 0 Å². The Labute approximate surface area is 126 Å². The highest BCUT2D eigenvalue weighted by Gasteiger charge is 2.21. The van der Waals surface area contributed by atoms with Crippen molar-refractivity contribution in [2.75, 3.05) is 40.9 Å². The fourth-order valence-electron chi connectivity index (χ4n) is 2.57. The lowest BCUT2D eigenvalue weighted by Crippen LogP contribution is -2.38. The summed E-state index contributed by atoms with van der Waals surface area (Å²) in [7, 11) is 5.40. The Morgan fingerprint density at radius 2 is 2.14 bits per heavy atom.